The SMILES string of the molecule is CC(O)C1CCN(CCCn2c(=O)oc3ccc([N+](=O)[O-])cc32)C1. The Balaban J connectivity index is 1.67. The van der Waals surface area contributed by atoms with E-state index in [1.807, 2.05) is 6.92 Å². The van der Waals surface area contributed by atoms with E-state index in [2.05, 4.69) is 4.90 Å². The van der Waals surface area contributed by atoms with Gasteiger partial charge in [0.05, 0.1) is 16.5 Å². The average Bonchev–Trinajstić information content (AvgIpc) is 3.12. The van der Waals surface area contributed by atoms with Gasteiger partial charge in [0.2, 0.25) is 0 Å². The number of nitrogens with zero attached hydrogens (tertiary/aromatic N) is 3. The summed E-state index contributed by atoms with van der Waals surface area (Å²) < 4.78 is 6.59. The van der Waals surface area contributed by atoms with Crippen molar-refractivity contribution in [2.24, 2.45) is 5.92 Å². The van der Waals surface area contributed by atoms with E-state index in [0.29, 0.717) is 23.6 Å². The Hall–Kier alpha value is -2.19. The molecule has 2 unspecified atom stereocenters. The summed E-state index contributed by atoms with van der Waals surface area (Å²) in [4.78, 5) is 24.7. The Labute approximate surface area is 138 Å². The number of fused-ring (bicyclic) bond motifs is 1. The summed E-state index contributed by atoms with van der Waals surface area (Å²) in [5.41, 5.74) is 0.759. The molecule has 0 bridgehead atoms. The summed E-state index contributed by atoms with van der Waals surface area (Å²) in [7, 11) is 0. The van der Waals surface area contributed by atoms with Crippen LogP contribution in [0.25, 0.3) is 11.1 Å². The quantitative estimate of drug-likeness (QED) is 0.635. The van der Waals surface area contributed by atoms with Crippen LogP contribution in [0.3, 0.4) is 0 Å². The largest absolute Gasteiger partial charge is 0.419 e. The number of likely N-dealkylation sites (tertiary alicyclic amines) is 1. The normalized spacial score (nSPS) is 19.8. The molecule has 2 aromatic rings. The molecule has 130 valence electrons. The second-order valence-electron chi connectivity index (χ2n) is 6.37. The number of nitro benzene ring substituents is 1. The summed E-state index contributed by atoms with van der Waals surface area (Å²) in [5, 5.41) is 20.5. The van der Waals surface area contributed by atoms with Gasteiger partial charge in [-0.1, -0.05) is 0 Å². The standard InChI is InChI=1S/C16H21N3O5/c1-11(20)12-5-8-17(10-12)6-2-7-18-14-9-13(19(22)23)3-4-15(14)24-16(18)21/h3-4,9,11-12,20H,2,5-8,10H2,1H3. The van der Waals surface area contributed by atoms with Gasteiger partial charge in [-0.2, -0.15) is 0 Å². The lowest BCUT2D eigenvalue weighted by atomic mass is 10.0. The van der Waals surface area contributed by atoms with Crippen molar-refractivity contribution in [1.29, 1.82) is 0 Å². The third kappa shape index (κ3) is 3.34. The lowest BCUT2D eigenvalue weighted by Crippen LogP contribution is -2.26. The minimum absolute atomic E-state index is 0.0589. The molecule has 1 N–H and O–H groups in total. The minimum Gasteiger partial charge on any atom is -0.408 e. The van der Waals surface area contributed by atoms with E-state index in [-0.39, 0.29) is 11.8 Å². The predicted octanol–water partition coefficient (Wildman–Crippen LogP) is 1.60. The monoisotopic (exact) mass is 335 g/mol. The zero-order valence-electron chi connectivity index (χ0n) is 13.6. The molecule has 0 radical (unpaired) electrons. The van der Waals surface area contributed by atoms with Gasteiger partial charge < -0.3 is 14.4 Å². The molecule has 0 aliphatic carbocycles. The molecule has 1 aliphatic heterocycles. The maximum absolute atomic E-state index is 12.0. The molecule has 3 rings (SSSR count). The van der Waals surface area contributed by atoms with Crippen molar-refractivity contribution in [2.45, 2.75) is 32.4 Å². The number of nitro groups is 1. The van der Waals surface area contributed by atoms with Crippen LogP contribution < -0.4 is 5.76 Å². The van der Waals surface area contributed by atoms with Gasteiger partial charge in [-0.3, -0.25) is 14.7 Å². The molecule has 24 heavy (non-hydrogen) atoms. The molecular formula is C16H21N3O5. The average molecular weight is 335 g/mol. The van der Waals surface area contributed by atoms with Crippen LogP contribution in [-0.4, -0.2) is 45.2 Å². The molecule has 1 saturated heterocycles. The van der Waals surface area contributed by atoms with Gasteiger partial charge in [-0.05, 0) is 44.8 Å². The molecule has 2 atom stereocenters. The number of benzene rings is 1. The van der Waals surface area contributed by atoms with Crippen LogP contribution in [-0.2, 0) is 6.54 Å². The number of aryl methyl sites for hydroxylation is 1. The molecule has 1 fully saturated rings. The first-order chi connectivity index (χ1) is 11.5. The molecular weight excluding hydrogens is 314 g/mol. The van der Waals surface area contributed by atoms with Crippen molar-refractivity contribution in [3.8, 4) is 0 Å². The second kappa shape index (κ2) is 6.74. The summed E-state index contributed by atoms with van der Waals surface area (Å²) in [6, 6.07) is 4.16. The first kappa shape index (κ1) is 16.7. The van der Waals surface area contributed by atoms with Crippen LogP contribution in [0.4, 0.5) is 5.69 Å². The van der Waals surface area contributed by atoms with Crippen LogP contribution in [0.5, 0.6) is 0 Å². The fraction of sp³-hybridized carbons (Fsp3) is 0.562. The zero-order valence-corrected chi connectivity index (χ0v) is 13.6. The van der Waals surface area contributed by atoms with E-state index < -0.39 is 10.7 Å². The fourth-order valence-corrected chi connectivity index (χ4v) is 3.29. The predicted molar refractivity (Wildman–Crippen MR) is 88.0 cm³/mol. The number of hydrogen-bond donors (Lipinski definition) is 1. The highest BCUT2D eigenvalue weighted by Gasteiger charge is 2.25. The smallest absolute Gasteiger partial charge is 0.408 e. The van der Waals surface area contributed by atoms with E-state index in [9.17, 15) is 20.0 Å². The minimum atomic E-state index is -0.492. The van der Waals surface area contributed by atoms with Crippen LogP contribution in [0.1, 0.15) is 19.8 Å². The molecule has 2 heterocycles. The third-order valence-electron chi connectivity index (χ3n) is 4.71. The van der Waals surface area contributed by atoms with Crippen molar-refractivity contribution in [1.82, 2.24) is 9.47 Å². The third-order valence-corrected chi connectivity index (χ3v) is 4.71. The molecule has 0 amide bonds. The number of hydrogen-bond acceptors (Lipinski definition) is 6. The van der Waals surface area contributed by atoms with Crippen molar-refractivity contribution in [2.75, 3.05) is 19.6 Å². The van der Waals surface area contributed by atoms with Crippen LogP contribution >= 0.6 is 0 Å². The van der Waals surface area contributed by atoms with Gasteiger partial charge in [0.15, 0.2) is 5.58 Å². The van der Waals surface area contributed by atoms with Gasteiger partial charge in [0.1, 0.15) is 0 Å². The summed E-state index contributed by atoms with van der Waals surface area (Å²) in [5.74, 6) is -0.182. The molecule has 1 aromatic carbocycles. The molecule has 8 heteroatoms. The maximum Gasteiger partial charge on any atom is 0.419 e. The summed E-state index contributed by atoms with van der Waals surface area (Å²) in [6.07, 6.45) is 1.43. The second-order valence-corrected chi connectivity index (χ2v) is 6.37. The lowest BCUT2D eigenvalue weighted by Gasteiger charge is -2.17. The van der Waals surface area contributed by atoms with E-state index in [0.717, 1.165) is 32.5 Å². The fourth-order valence-electron chi connectivity index (χ4n) is 3.29. The lowest BCUT2D eigenvalue weighted by molar-refractivity contribution is -0.384. The highest BCUT2D eigenvalue weighted by atomic mass is 16.6. The van der Waals surface area contributed by atoms with Gasteiger partial charge >= 0.3 is 5.76 Å². The van der Waals surface area contributed by atoms with Gasteiger partial charge in [-0.25, -0.2) is 4.79 Å². The Kier molecular flexibility index (Phi) is 4.68. The maximum atomic E-state index is 12.0. The molecule has 1 aliphatic rings. The Morgan fingerprint density at radius 1 is 1.46 bits per heavy atom. The number of aliphatic hydroxyl groups excluding tert-OH is 1. The van der Waals surface area contributed by atoms with Crippen molar-refractivity contribution in [3.63, 3.8) is 0 Å². The topological polar surface area (TPSA) is 102 Å². The number of non-ortho nitro benzene ring substituents is 1. The molecule has 0 spiro atoms. The Bertz CT molecular complexity index is 795. The van der Waals surface area contributed by atoms with E-state index in [4.69, 9.17) is 4.42 Å². The molecule has 1 aromatic heterocycles. The highest BCUT2D eigenvalue weighted by Crippen LogP contribution is 2.21. The van der Waals surface area contributed by atoms with E-state index >= 15 is 0 Å². The van der Waals surface area contributed by atoms with Crippen LogP contribution in [0, 0.1) is 16.0 Å². The van der Waals surface area contributed by atoms with Crippen molar-refractivity contribution >= 4 is 16.8 Å². The van der Waals surface area contributed by atoms with Crippen LogP contribution in [0.2, 0.25) is 0 Å². The zero-order chi connectivity index (χ0) is 17.3. The van der Waals surface area contributed by atoms with E-state index in [1.54, 1.807) is 0 Å². The van der Waals surface area contributed by atoms with Crippen LogP contribution in [0.15, 0.2) is 27.4 Å². The first-order valence-electron chi connectivity index (χ1n) is 8.14. The molecule has 8 nitrogen and oxygen atoms in total. The summed E-state index contributed by atoms with van der Waals surface area (Å²) >= 11 is 0. The van der Waals surface area contributed by atoms with Gasteiger partial charge in [-0.15, -0.1) is 0 Å². The number of aliphatic hydroxyl groups is 1. The van der Waals surface area contributed by atoms with E-state index in [1.165, 1.54) is 22.8 Å². The van der Waals surface area contributed by atoms with Gasteiger partial charge in [0, 0.05) is 25.2 Å². The summed E-state index contributed by atoms with van der Waals surface area (Å²) in [6.45, 7) is 4.89. The number of oxazole rings is 1. The number of aromatic nitrogens is 1. The van der Waals surface area contributed by atoms with Gasteiger partial charge in [0.25, 0.3) is 5.69 Å². The first-order valence-corrected chi connectivity index (χ1v) is 8.14. The highest BCUT2D eigenvalue weighted by molar-refractivity contribution is 5.75. The number of rotatable bonds is 6. The Morgan fingerprint density at radius 2 is 2.25 bits per heavy atom. The molecule has 0 saturated carbocycles. The Morgan fingerprint density at radius 3 is 2.92 bits per heavy atom. The van der Waals surface area contributed by atoms with Crippen molar-refractivity contribution < 1.29 is 14.4 Å². The van der Waals surface area contributed by atoms with Crippen molar-refractivity contribution in [3.05, 3.63) is 38.9 Å².